The van der Waals surface area contributed by atoms with Gasteiger partial charge >= 0.3 is 11.9 Å². The lowest BCUT2D eigenvalue weighted by atomic mass is 10.2. The van der Waals surface area contributed by atoms with Crippen LogP contribution in [0.1, 0.15) is 13.8 Å². The lowest BCUT2D eigenvalue weighted by Gasteiger charge is -2.24. The Morgan fingerprint density at radius 1 is 0.778 bits per heavy atom. The van der Waals surface area contributed by atoms with E-state index in [9.17, 15) is 9.59 Å². The molecule has 142 valence electrons. The zero-order chi connectivity index (χ0) is 19.5. The van der Waals surface area contributed by atoms with Crippen molar-refractivity contribution in [1.29, 1.82) is 0 Å². The molecule has 2 rings (SSSR count). The van der Waals surface area contributed by atoms with Crippen LogP contribution in [0.15, 0.2) is 64.8 Å². The molecule has 0 amide bonds. The van der Waals surface area contributed by atoms with Crippen LogP contribution in [0.3, 0.4) is 0 Å². The molecule has 7 heteroatoms. The van der Waals surface area contributed by atoms with Gasteiger partial charge in [-0.05, 0) is 36.4 Å². The first-order chi connectivity index (χ1) is 13.0. The average Bonchev–Trinajstić information content (AvgIpc) is 2.66. The molecule has 0 atom stereocenters. The number of anilines is 1. The van der Waals surface area contributed by atoms with Crippen LogP contribution in [0.4, 0.5) is 17.1 Å². The van der Waals surface area contributed by atoms with Crippen molar-refractivity contribution in [3.05, 3.63) is 54.6 Å². The van der Waals surface area contributed by atoms with Crippen LogP contribution in [-0.4, -0.2) is 38.2 Å². The maximum Gasteiger partial charge on any atom is 0.302 e. The first kappa shape index (κ1) is 20.1. The van der Waals surface area contributed by atoms with Gasteiger partial charge in [-0.25, -0.2) is 0 Å². The Bertz CT molecular complexity index is 741. The Morgan fingerprint density at radius 3 is 1.74 bits per heavy atom. The molecule has 2 aromatic rings. The second-order valence-electron chi connectivity index (χ2n) is 5.72. The molecular weight excluding hydrogens is 346 g/mol. The van der Waals surface area contributed by atoms with Crippen LogP contribution in [-0.2, 0) is 19.1 Å². The summed E-state index contributed by atoms with van der Waals surface area (Å²) in [5.41, 5.74) is 2.42. The number of carbonyl (C=O) groups is 2. The van der Waals surface area contributed by atoms with Crippen LogP contribution in [0.2, 0.25) is 0 Å². The molecular formula is C20H23N3O4. The quantitative estimate of drug-likeness (QED) is 0.492. The summed E-state index contributed by atoms with van der Waals surface area (Å²) >= 11 is 0. The fourth-order valence-corrected chi connectivity index (χ4v) is 2.31. The summed E-state index contributed by atoms with van der Waals surface area (Å²) in [7, 11) is 0. The Hall–Kier alpha value is -3.22. The van der Waals surface area contributed by atoms with Crippen molar-refractivity contribution in [3.63, 3.8) is 0 Å². The van der Waals surface area contributed by atoms with Crippen LogP contribution >= 0.6 is 0 Å². The highest BCUT2D eigenvalue weighted by atomic mass is 16.5. The molecule has 0 aromatic heterocycles. The van der Waals surface area contributed by atoms with Crippen molar-refractivity contribution < 1.29 is 19.1 Å². The van der Waals surface area contributed by atoms with E-state index in [0.717, 1.165) is 17.1 Å². The van der Waals surface area contributed by atoms with E-state index in [-0.39, 0.29) is 25.2 Å². The van der Waals surface area contributed by atoms with E-state index in [1.807, 2.05) is 59.5 Å². The number of esters is 2. The Kier molecular flexibility index (Phi) is 7.96. The Labute approximate surface area is 158 Å². The maximum atomic E-state index is 11.0. The molecule has 0 N–H and O–H groups in total. The lowest BCUT2D eigenvalue weighted by molar-refractivity contribution is -0.141. The summed E-state index contributed by atoms with van der Waals surface area (Å²) in [6.45, 7) is 4.23. The molecule has 0 saturated carbocycles. The highest BCUT2D eigenvalue weighted by molar-refractivity contribution is 5.66. The average molecular weight is 369 g/mol. The van der Waals surface area contributed by atoms with Gasteiger partial charge in [0.15, 0.2) is 0 Å². The van der Waals surface area contributed by atoms with Crippen LogP contribution < -0.4 is 4.90 Å². The minimum atomic E-state index is -0.327. The minimum absolute atomic E-state index is 0.255. The summed E-state index contributed by atoms with van der Waals surface area (Å²) in [6, 6.07) is 17.0. The fourth-order valence-electron chi connectivity index (χ4n) is 2.31. The number of nitrogens with zero attached hydrogens (tertiary/aromatic N) is 3. The van der Waals surface area contributed by atoms with Crippen molar-refractivity contribution in [2.45, 2.75) is 13.8 Å². The van der Waals surface area contributed by atoms with E-state index in [2.05, 4.69) is 10.2 Å². The third-order valence-electron chi connectivity index (χ3n) is 3.59. The predicted molar refractivity (Wildman–Crippen MR) is 103 cm³/mol. The highest BCUT2D eigenvalue weighted by Gasteiger charge is 2.08. The number of rotatable bonds is 9. The van der Waals surface area contributed by atoms with Gasteiger partial charge in [0.2, 0.25) is 0 Å². The molecule has 0 aliphatic carbocycles. The topological polar surface area (TPSA) is 80.6 Å². The number of benzene rings is 2. The zero-order valence-corrected chi connectivity index (χ0v) is 15.5. The minimum Gasteiger partial charge on any atom is -0.464 e. The standard InChI is InChI=1S/C20H23N3O4/c1-16(24)26-14-12-23(13-15-27-17(2)25)20-10-8-19(9-11-20)22-21-18-6-4-3-5-7-18/h3-11H,12-15H2,1-2H3. The third-order valence-corrected chi connectivity index (χ3v) is 3.59. The summed E-state index contributed by atoms with van der Waals surface area (Å²) < 4.78 is 10.0. The molecule has 0 aliphatic heterocycles. The first-order valence-electron chi connectivity index (χ1n) is 8.63. The van der Waals surface area contributed by atoms with E-state index in [0.29, 0.717) is 13.1 Å². The summed E-state index contributed by atoms with van der Waals surface area (Å²) in [5.74, 6) is -0.654. The second kappa shape index (κ2) is 10.7. The lowest BCUT2D eigenvalue weighted by Crippen LogP contribution is -2.31. The van der Waals surface area contributed by atoms with Crippen LogP contribution in [0, 0.1) is 0 Å². The first-order valence-corrected chi connectivity index (χ1v) is 8.63. The van der Waals surface area contributed by atoms with Gasteiger partial charge in [-0.3, -0.25) is 9.59 Å². The van der Waals surface area contributed by atoms with Gasteiger partial charge in [-0.15, -0.1) is 0 Å². The van der Waals surface area contributed by atoms with Crippen molar-refractivity contribution in [2.24, 2.45) is 10.2 Å². The summed E-state index contributed by atoms with van der Waals surface area (Å²) in [4.78, 5) is 23.9. The smallest absolute Gasteiger partial charge is 0.302 e. The van der Waals surface area contributed by atoms with Gasteiger partial charge in [-0.1, -0.05) is 18.2 Å². The van der Waals surface area contributed by atoms with Crippen LogP contribution in [0.5, 0.6) is 0 Å². The Balaban J connectivity index is 2.01. The molecule has 0 saturated heterocycles. The maximum absolute atomic E-state index is 11.0. The molecule has 7 nitrogen and oxygen atoms in total. The van der Waals surface area contributed by atoms with Crippen molar-refractivity contribution >= 4 is 29.0 Å². The summed E-state index contributed by atoms with van der Waals surface area (Å²) in [5, 5.41) is 8.40. The number of hydrogen-bond acceptors (Lipinski definition) is 7. The normalized spacial score (nSPS) is 10.6. The van der Waals surface area contributed by atoms with E-state index in [1.54, 1.807) is 0 Å². The second-order valence-corrected chi connectivity index (χ2v) is 5.72. The van der Waals surface area contributed by atoms with E-state index < -0.39 is 0 Å². The van der Waals surface area contributed by atoms with E-state index in [1.165, 1.54) is 13.8 Å². The number of hydrogen-bond donors (Lipinski definition) is 0. The zero-order valence-electron chi connectivity index (χ0n) is 15.5. The molecule has 27 heavy (non-hydrogen) atoms. The van der Waals surface area contributed by atoms with Gasteiger partial charge in [0.05, 0.1) is 24.5 Å². The molecule has 0 unspecified atom stereocenters. The van der Waals surface area contributed by atoms with Gasteiger partial charge < -0.3 is 14.4 Å². The molecule has 0 fully saturated rings. The van der Waals surface area contributed by atoms with Crippen LogP contribution in [0.25, 0.3) is 0 Å². The highest BCUT2D eigenvalue weighted by Crippen LogP contribution is 2.22. The molecule has 2 aromatic carbocycles. The van der Waals surface area contributed by atoms with Crippen molar-refractivity contribution in [2.75, 3.05) is 31.2 Å². The van der Waals surface area contributed by atoms with Gasteiger partial charge in [0.1, 0.15) is 13.2 Å². The SMILES string of the molecule is CC(=O)OCCN(CCOC(C)=O)c1ccc(N=Nc2ccccc2)cc1. The van der Waals surface area contributed by atoms with E-state index in [4.69, 9.17) is 9.47 Å². The molecule has 0 radical (unpaired) electrons. The molecule has 0 aliphatic rings. The largest absolute Gasteiger partial charge is 0.464 e. The number of carbonyl (C=O) groups excluding carboxylic acids is 2. The van der Waals surface area contributed by atoms with Gasteiger partial charge in [0.25, 0.3) is 0 Å². The van der Waals surface area contributed by atoms with E-state index >= 15 is 0 Å². The number of azo groups is 1. The third kappa shape index (κ3) is 7.68. The van der Waals surface area contributed by atoms with Gasteiger partial charge in [-0.2, -0.15) is 10.2 Å². The van der Waals surface area contributed by atoms with Crippen molar-refractivity contribution in [3.8, 4) is 0 Å². The Morgan fingerprint density at radius 2 is 1.26 bits per heavy atom. The summed E-state index contributed by atoms with van der Waals surface area (Å²) in [6.07, 6.45) is 0. The fraction of sp³-hybridized carbons (Fsp3) is 0.300. The monoisotopic (exact) mass is 369 g/mol. The molecule has 0 bridgehead atoms. The van der Waals surface area contributed by atoms with Gasteiger partial charge in [0, 0.05) is 19.5 Å². The van der Waals surface area contributed by atoms with Crippen molar-refractivity contribution in [1.82, 2.24) is 0 Å². The molecule has 0 heterocycles. The molecule has 0 spiro atoms. The predicted octanol–water partition coefficient (Wildman–Crippen LogP) is 4.03. The number of ether oxygens (including phenoxy) is 2.